The lowest BCUT2D eigenvalue weighted by Crippen LogP contribution is -2.17. The van der Waals surface area contributed by atoms with E-state index < -0.39 is 5.41 Å². The van der Waals surface area contributed by atoms with Gasteiger partial charge in [0, 0.05) is 16.6 Å². The fraction of sp³-hybridized carbons (Fsp3) is 0.333. The molecule has 18 heavy (non-hydrogen) atoms. The van der Waals surface area contributed by atoms with E-state index in [9.17, 15) is 9.59 Å². The normalized spacial score (nSPS) is 17.5. The Morgan fingerprint density at radius 2 is 1.83 bits per heavy atom. The van der Waals surface area contributed by atoms with E-state index in [4.69, 9.17) is 4.74 Å². The van der Waals surface area contributed by atoms with E-state index in [-0.39, 0.29) is 11.6 Å². The zero-order valence-electron chi connectivity index (χ0n) is 10.8. The van der Waals surface area contributed by atoms with Gasteiger partial charge in [-0.25, -0.2) is 0 Å². The van der Waals surface area contributed by atoms with E-state index in [2.05, 4.69) is 0 Å². The quantitative estimate of drug-likeness (QED) is 0.768. The highest BCUT2D eigenvalue weighted by Crippen LogP contribution is 2.35. The monoisotopic (exact) mass is 244 g/mol. The Morgan fingerprint density at radius 1 is 1.22 bits per heavy atom. The molecule has 0 heterocycles. The maximum atomic E-state index is 12.2. The minimum Gasteiger partial charge on any atom is -0.497 e. The van der Waals surface area contributed by atoms with E-state index in [1.165, 1.54) is 6.08 Å². The Balaban J connectivity index is 2.22. The molecule has 0 saturated carbocycles. The molecule has 0 fully saturated rings. The topological polar surface area (TPSA) is 43.4 Å². The number of ether oxygens (including phenoxy) is 1. The van der Waals surface area contributed by atoms with Crippen molar-refractivity contribution < 1.29 is 14.3 Å². The van der Waals surface area contributed by atoms with Crippen LogP contribution in [0.15, 0.2) is 35.9 Å². The van der Waals surface area contributed by atoms with Crippen molar-refractivity contribution in [1.29, 1.82) is 0 Å². The van der Waals surface area contributed by atoms with E-state index in [1.807, 2.05) is 13.8 Å². The van der Waals surface area contributed by atoms with Crippen LogP contribution in [-0.2, 0) is 4.79 Å². The van der Waals surface area contributed by atoms with Crippen molar-refractivity contribution in [3.8, 4) is 5.75 Å². The largest absolute Gasteiger partial charge is 0.497 e. The van der Waals surface area contributed by atoms with Crippen LogP contribution in [0.5, 0.6) is 5.75 Å². The maximum absolute atomic E-state index is 12.2. The Hall–Kier alpha value is -1.90. The van der Waals surface area contributed by atoms with E-state index in [0.717, 1.165) is 0 Å². The molecular weight excluding hydrogens is 228 g/mol. The van der Waals surface area contributed by atoms with Gasteiger partial charge in [-0.2, -0.15) is 0 Å². The third kappa shape index (κ3) is 2.21. The molecule has 0 radical (unpaired) electrons. The van der Waals surface area contributed by atoms with Crippen molar-refractivity contribution in [2.75, 3.05) is 7.11 Å². The van der Waals surface area contributed by atoms with Gasteiger partial charge in [0.25, 0.3) is 0 Å². The van der Waals surface area contributed by atoms with Gasteiger partial charge in [-0.3, -0.25) is 9.59 Å². The molecule has 3 nitrogen and oxygen atoms in total. The minimum absolute atomic E-state index is 0.0272. The fourth-order valence-corrected chi connectivity index (χ4v) is 2.04. The van der Waals surface area contributed by atoms with Crippen LogP contribution in [0.4, 0.5) is 0 Å². The molecular formula is C15H16O3. The van der Waals surface area contributed by atoms with Crippen LogP contribution >= 0.6 is 0 Å². The van der Waals surface area contributed by atoms with Crippen molar-refractivity contribution in [3.05, 3.63) is 41.5 Å². The first-order valence-corrected chi connectivity index (χ1v) is 5.88. The maximum Gasteiger partial charge on any atom is 0.189 e. The van der Waals surface area contributed by atoms with Crippen LogP contribution in [0.2, 0.25) is 0 Å². The molecule has 0 aromatic heterocycles. The average molecular weight is 244 g/mol. The van der Waals surface area contributed by atoms with Crippen LogP contribution in [-0.4, -0.2) is 18.7 Å². The van der Waals surface area contributed by atoms with Gasteiger partial charge >= 0.3 is 0 Å². The molecule has 1 aliphatic rings. The molecule has 3 heteroatoms. The number of carbonyl (C=O) groups is 2. The number of hydrogen-bond acceptors (Lipinski definition) is 3. The summed E-state index contributed by atoms with van der Waals surface area (Å²) in [6, 6.07) is 6.93. The van der Waals surface area contributed by atoms with Crippen molar-refractivity contribution in [1.82, 2.24) is 0 Å². The zero-order chi connectivity index (χ0) is 13.3. The van der Waals surface area contributed by atoms with Crippen molar-refractivity contribution in [3.63, 3.8) is 0 Å². The number of allylic oxidation sites excluding steroid dienone is 2. The Labute approximate surface area is 106 Å². The van der Waals surface area contributed by atoms with E-state index >= 15 is 0 Å². The first kappa shape index (κ1) is 12.6. The molecule has 0 spiro atoms. The number of Topliss-reactive ketones (excluding diaryl/α,β-unsaturated/α-hetero) is 1. The number of benzene rings is 1. The lowest BCUT2D eigenvalue weighted by atomic mass is 9.87. The number of methoxy groups -OCH3 is 1. The molecule has 0 unspecified atom stereocenters. The van der Waals surface area contributed by atoms with E-state index in [0.29, 0.717) is 23.3 Å². The molecule has 1 aliphatic carbocycles. The predicted octanol–water partition coefficient (Wildman–Crippen LogP) is 2.80. The number of hydrogen-bond donors (Lipinski definition) is 0. The summed E-state index contributed by atoms with van der Waals surface area (Å²) in [7, 11) is 1.58. The molecule has 1 aromatic carbocycles. The second-order valence-electron chi connectivity index (χ2n) is 5.15. The third-order valence-corrected chi connectivity index (χ3v) is 3.25. The van der Waals surface area contributed by atoms with Crippen LogP contribution in [0.3, 0.4) is 0 Å². The molecule has 2 rings (SSSR count). The Bertz CT molecular complexity index is 521. The first-order valence-electron chi connectivity index (χ1n) is 5.88. The smallest absolute Gasteiger partial charge is 0.189 e. The lowest BCUT2D eigenvalue weighted by molar-refractivity contribution is -0.121. The van der Waals surface area contributed by atoms with Crippen LogP contribution < -0.4 is 4.74 Å². The lowest BCUT2D eigenvalue weighted by Gasteiger charge is -2.14. The van der Waals surface area contributed by atoms with Gasteiger partial charge in [-0.05, 0) is 36.8 Å². The summed E-state index contributed by atoms with van der Waals surface area (Å²) < 4.78 is 5.04. The van der Waals surface area contributed by atoms with Crippen molar-refractivity contribution in [2.24, 2.45) is 5.41 Å². The SMILES string of the molecule is COc1ccc(C(=O)C2=CC(=O)C(C)(C)C2)cc1. The first-order chi connectivity index (χ1) is 8.44. The summed E-state index contributed by atoms with van der Waals surface area (Å²) in [4.78, 5) is 23.9. The van der Waals surface area contributed by atoms with Gasteiger partial charge in [0.2, 0.25) is 0 Å². The van der Waals surface area contributed by atoms with Crippen LogP contribution in [0.25, 0.3) is 0 Å². The summed E-state index contributed by atoms with van der Waals surface area (Å²) in [6.07, 6.45) is 1.99. The summed E-state index contributed by atoms with van der Waals surface area (Å²) in [5, 5.41) is 0. The standard InChI is InChI=1S/C15H16O3/c1-15(2)9-11(8-13(15)16)14(17)10-4-6-12(18-3)7-5-10/h4-8H,9H2,1-3H3. The fourth-order valence-electron chi connectivity index (χ4n) is 2.04. The molecule has 94 valence electrons. The minimum atomic E-state index is -0.447. The van der Waals surface area contributed by atoms with Gasteiger partial charge in [-0.1, -0.05) is 13.8 Å². The van der Waals surface area contributed by atoms with Gasteiger partial charge in [-0.15, -0.1) is 0 Å². The van der Waals surface area contributed by atoms with Crippen LogP contribution in [0, 0.1) is 5.41 Å². The van der Waals surface area contributed by atoms with Gasteiger partial charge in [0.15, 0.2) is 11.6 Å². The highest BCUT2D eigenvalue weighted by Gasteiger charge is 2.35. The summed E-state index contributed by atoms with van der Waals surface area (Å²) in [5.74, 6) is 0.666. The average Bonchev–Trinajstić information content (AvgIpc) is 2.63. The Morgan fingerprint density at radius 3 is 2.28 bits per heavy atom. The summed E-state index contributed by atoms with van der Waals surface area (Å²) >= 11 is 0. The highest BCUT2D eigenvalue weighted by molar-refractivity contribution is 6.15. The number of rotatable bonds is 3. The van der Waals surface area contributed by atoms with Crippen LogP contribution in [0.1, 0.15) is 30.6 Å². The number of carbonyl (C=O) groups excluding carboxylic acids is 2. The van der Waals surface area contributed by atoms with Gasteiger partial charge in [0.05, 0.1) is 7.11 Å². The molecule has 0 aliphatic heterocycles. The second-order valence-corrected chi connectivity index (χ2v) is 5.15. The zero-order valence-corrected chi connectivity index (χ0v) is 10.8. The van der Waals surface area contributed by atoms with E-state index in [1.54, 1.807) is 31.4 Å². The summed E-state index contributed by atoms with van der Waals surface area (Å²) in [6.45, 7) is 3.72. The van der Waals surface area contributed by atoms with Gasteiger partial charge in [0.1, 0.15) is 5.75 Å². The molecule has 0 N–H and O–H groups in total. The number of ketones is 2. The predicted molar refractivity (Wildman–Crippen MR) is 68.8 cm³/mol. The molecule has 0 bridgehead atoms. The highest BCUT2D eigenvalue weighted by atomic mass is 16.5. The van der Waals surface area contributed by atoms with Gasteiger partial charge < -0.3 is 4.74 Å². The molecule has 0 saturated heterocycles. The summed E-state index contributed by atoms with van der Waals surface area (Å²) in [5.41, 5.74) is 0.736. The third-order valence-electron chi connectivity index (χ3n) is 3.25. The molecule has 0 atom stereocenters. The molecule has 1 aromatic rings. The molecule has 0 amide bonds. The second kappa shape index (κ2) is 4.41. The van der Waals surface area contributed by atoms with Crippen molar-refractivity contribution in [2.45, 2.75) is 20.3 Å². The van der Waals surface area contributed by atoms with Crippen molar-refractivity contribution >= 4 is 11.6 Å². The Kier molecular flexibility index (Phi) is 3.07.